The Morgan fingerprint density at radius 1 is 1.29 bits per heavy atom. The zero-order valence-electron chi connectivity index (χ0n) is 11.5. The monoisotopic (exact) mass is 323 g/mol. The predicted molar refractivity (Wildman–Crippen MR) is 67.9 cm³/mol. The fourth-order valence-electron chi connectivity index (χ4n) is 3.18. The molecule has 2 aliphatic rings. The van der Waals surface area contributed by atoms with Gasteiger partial charge in [-0.25, -0.2) is 8.42 Å². The Bertz CT molecular complexity index is 662. The molecule has 1 saturated heterocycles. The number of aryl methyl sites for hydroxylation is 1. The fraction of sp³-hybridized carbons (Fsp3) is 0.750. The number of aromatic nitrogens is 2. The lowest BCUT2D eigenvalue weighted by atomic mass is 9.68. The minimum atomic E-state index is -4.78. The lowest BCUT2D eigenvalue weighted by molar-refractivity contribution is -0.143. The molecule has 2 fully saturated rings. The van der Waals surface area contributed by atoms with Crippen molar-refractivity contribution in [3.8, 4) is 0 Å². The molecule has 1 aromatic rings. The first-order valence-electron chi connectivity index (χ1n) is 6.75. The molecule has 9 heteroatoms. The number of halogens is 3. The van der Waals surface area contributed by atoms with Crippen LogP contribution in [0.5, 0.6) is 0 Å². The average Bonchev–Trinajstić information content (AvgIpc) is 2.90. The highest BCUT2D eigenvalue weighted by molar-refractivity contribution is 7.89. The second-order valence-electron chi connectivity index (χ2n) is 5.96. The number of nitrogens with zero attached hydrogens (tertiary/aromatic N) is 3. The summed E-state index contributed by atoms with van der Waals surface area (Å²) in [4.78, 5) is -0.742. The predicted octanol–water partition coefficient (Wildman–Crippen LogP) is 2.00. The highest BCUT2D eigenvalue weighted by atomic mass is 32.2. The van der Waals surface area contributed by atoms with E-state index in [1.165, 1.54) is 11.4 Å². The van der Waals surface area contributed by atoms with Gasteiger partial charge in [-0.1, -0.05) is 6.42 Å². The van der Waals surface area contributed by atoms with Crippen LogP contribution in [-0.2, 0) is 23.2 Å². The topological polar surface area (TPSA) is 55.2 Å². The van der Waals surface area contributed by atoms with Crippen molar-refractivity contribution in [1.82, 2.24) is 14.1 Å². The van der Waals surface area contributed by atoms with Crippen molar-refractivity contribution in [2.24, 2.45) is 12.5 Å². The van der Waals surface area contributed by atoms with Crippen LogP contribution in [0.2, 0.25) is 0 Å². The second kappa shape index (κ2) is 4.45. The molecule has 118 valence electrons. The van der Waals surface area contributed by atoms with Crippen LogP contribution in [0, 0.1) is 5.41 Å². The standard InChI is InChI=1S/C12H16F3N3O2S/c1-17-7-9(10(16-17)12(13,14)15)21(19,20)18-6-5-11(8-18)3-2-4-11/h7H,2-6,8H2,1H3. The van der Waals surface area contributed by atoms with Crippen LogP contribution < -0.4 is 0 Å². The molecule has 1 aromatic heterocycles. The Hall–Kier alpha value is -1.09. The highest BCUT2D eigenvalue weighted by Gasteiger charge is 2.49. The summed E-state index contributed by atoms with van der Waals surface area (Å²) in [6.07, 6.45) is -0.139. The van der Waals surface area contributed by atoms with Gasteiger partial charge < -0.3 is 0 Å². The number of alkyl halides is 3. The molecule has 0 atom stereocenters. The summed E-state index contributed by atoms with van der Waals surface area (Å²) in [5.41, 5.74) is -1.34. The quantitative estimate of drug-likeness (QED) is 0.836. The molecule has 21 heavy (non-hydrogen) atoms. The Balaban J connectivity index is 1.96. The van der Waals surface area contributed by atoms with Crippen molar-refractivity contribution < 1.29 is 21.6 Å². The minimum Gasteiger partial charge on any atom is -0.274 e. The van der Waals surface area contributed by atoms with Gasteiger partial charge >= 0.3 is 6.18 Å². The highest BCUT2D eigenvalue weighted by Crippen LogP contribution is 2.49. The van der Waals surface area contributed by atoms with E-state index >= 15 is 0 Å². The summed E-state index contributed by atoms with van der Waals surface area (Å²) in [5, 5.41) is 3.28. The van der Waals surface area contributed by atoms with E-state index in [0.29, 0.717) is 6.54 Å². The van der Waals surface area contributed by atoms with E-state index in [0.717, 1.165) is 36.6 Å². The van der Waals surface area contributed by atoms with Crippen LogP contribution in [0.15, 0.2) is 11.1 Å². The first kappa shape index (κ1) is 14.8. The number of hydrogen-bond acceptors (Lipinski definition) is 3. The Labute approximate surface area is 120 Å². The molecule has 0 aromatic carbocycles. The minimum absolute atomic E-state index is 0.00628. The zero-order chi connectivity index (χ0) is 15.5. The van der Waals surface area contributed by atoms with Crippen molar-refractivity contribution >= 4 is 10.0 Å². The van der Waals surface area contributed by atoms with Gasteiger partial charge in [-0.3, -0.25) is 4.68 Å². The lowest BCUT2D eigenvalue weighted by Gasteiger charge is -2.37. The summed E-state index contributed by atoms with van der Waals surface area (Å²) in [5.74, 6) is 0. The maximum atomic E-state index is 12.9. The van der Waals surface area contributed by atoms with Gasteiger partial charge in [0.2, 0.25) is 10.0 Å². The molecular formula is C12H16F3N3O2S. The molecule has 0 radical (unpaired) electrons. The summed E-state index contributed by atoms with van der Waals surface area (Å²) >= 11 is 0. The molecule has 2 heterocycles. The third-order valence-electron chi connectivity index (χ3n) is 4.50. The van der Waals surface area contributed by atoms with Gasteiger partial charge in [-0.05, 0) is 24.7 Å². The van der Waals surface area contributed by atoms with Gasteiger partial charge in [-0.2, -0.15) is 22.6 Å². The zero-order valence-corrected chi connectivity index (χ0v) is 12.3. The van der Waals surface area contributed by atoms with Crippen LogP contribution in [0.3, 0.4) is 0 Å². The summed E-state index contributed by atoms with van der Waals surface area (Å²) < 4.78 is 66.0. The summed E-state index contributed by atoms with van der Waals surface area (Å²) in [7, 11) is -2.87. The van der Waals surface area contributed by atoms with Crippen LogP contribution >= 0.6 is 0 Å². The first-order valence-corrected chi connectivity index (χ1v) is 8.19. The SMILES string of the molecule is Cn1cc(S(=O)(=O)N2CCC3(CCC3)C2)c(C(F)(F)F)n1. The number of rotatable bonds is 2. The molecule has 1 spiro atoms. The van der Waals surface area contributed by atoms with E-state index in [1.54, 1.807) is 0 Å². The van der Waals surface area contributed by atoms with E-state index in [9.17, 15) is 21.6 Å². The molecule has 0 amide bonds. The number of sulfonamides is 1. The molecule has 0 bridgehead atoms. The smallest absolute Gasteiger partial charge is 0.274 e. The van der Waals surface area contributed by atoms with Crippen molar-refractivity contribution in [3.63, 3.8) is 0 Å². The van der Waals surface area contributed by atoms with Gasteiger partial charge in [0.05, 0.1) is 0 Å². The fourth-order valence-corrected chi connectivity index (χ4v) is 4.92. The molecule has 1 aliphatic carbocycles. The van der Waals surface area contributed by atoms with Crippen molar-refractivity contribution in [2.45, 2.75) is 36.8 Å². The Morgan fingerprint density at radius 2 is 1.95 bits per heavy atom. The van der Waals surface area contributed by atoms with E-state index in [2.05, 4.69) is 5.10 Å². The molecule has 1 aliphatic heterocycles. The maximum absolute atomic E-state index is 12.9. The van der Waals surface area contributed by atoms with Crippen LogP contribution in [0.4, 0.5) is 13.2 Å². The molecule has 3 rings (SSSR count). The second-order valence-corrected chi connectivity index (χ2v) is 7.86. The molecule has 1 saturated carbocycles. The van der Waals surface area contributed by atoms with Crippen molar-refractivity contribution in [2.75, 3.05) is 13.1 Å². The van der Waals surface area contributed by atoms with E-state index < -0.39 is 26.8 Å². The van der Waals surface area contributed by atoms with Crippen LogP contribution in [-0.4, -0.2) is 35.6 Å². The third-order valence-corrected chi connectivity index (χ3v) is 6.35. The summed E-state index contributed by atoms with van der Waals surface area (Å²) in [6, 6.07) is 0. The van der Waals surface area contributed by atoms with Gasteiger partial charge in [0.1, 0.15) is 4.90 Å². The largest absolute Gasteiger partial charge is 0.436 e. The average molecular weight is 323 g/mol. The number of hydrogen-bond donors (Lipinski definition) is 0. The molecule has 5 nitrogen and oxygen atoms in total. The normalized spacial score (nSPS) is 22.7. The first-order chi connectivity index (χ1) is 9.64. The Morgan fingerprint density at radius 3 is 2.43 bits per heavy atom. The van der Waals surface area contributed by atoms with Crippen LogP contribution in [0.25, 0.3) is 0 Å². The lowest BCUT2D eigenvalue weighted by Crippen LogP contribution is -2.36. The van der Waals surface area contributed by atoms with E-state index in [1.807, 2.05) is 0 Å². The van der Waals surface area contributed by atoms with Gasteiger partial charge in [0, 0.05) is 26.3 Å². The van der Waals surface area contributed by atoms with E-state index in [-0.39, 0.29) is 12.0 Å². The van der Waals surface area contributed by atoms with Crippen molar-refractivity contribution in [3.05, 3.63) is 11.9 Å². The maximum Gasteiger partial charge on any atom is 0.436 e. The van der Waals surface area contributed by atoms with Crippen molar-refractivity contribution in [1.29, 1.82) is 0 Å². The molecule has 0 N–H and O–H groups in total. The van der Waals surface area contributed by atoms with Gasteiger partial charge in [0.25, 0.3) is 0 Å². The van der Waals surface area contributed by atoms with Gasteiger partial charge in [0.15, 0.2) is 5.69 Å². The summed E-state index contributed by atoms with van der Waals surface area (Å²) in [6.45, 7) is 0.607. The molecular weight excluding hydrogens is 307 g/mol. The van der Waals surface area contributed by atoms with E-state index in [4.69, 9.17) is 0 Å². The molecule has 0 unspecified atom stereocenters. The third kappa shape index (κ3) is 2.36. The van der Waals surface area contributed by atoms with Crippen LogP contribution in [0.1, 0.15) is 31.4 Å². The van der Waals surface area contributed by atoms with Gasteiger partial charge in [-0.15, -0.1) is 0 Å². The Kier molecular flexibility index (Phi) is 3.14.